The molecule has 1 aliphatic rings. The van der Waals surface area contributed by atoms with Gasteiger partial charge in [0.1, 0.15) is 11.4 Å². The van der Waals surface area contributed by atoms with Gasteiger partial charge in [-0.2, -0.15) is 10.2 Å². The first kappa shape index (κ1) is 22.7. The first-order chi connectivity index (χ1) is 16.7. The summed E-state index contributed by atoms with van der Waals surface area (Å²) in [7, 11) is 1.54. The number of fused-ring (bicyclic) bond motifs is 3. The summed E-state index contributed by atoms with van der Waals surface area (Å²) in [6.07, 6.45) is 2.15. The van der Waals surface area contributed by atoms with Gasteiger partial charge in [0.15, 0.2) is 0 Å². The van der Waals surface area contributed by atoms with E-state index in [1.54, 1.807) is 25.3 Å². The summed E-state index contributed by atoms with van der Waals surface area (Å²) < 4.78 is 18.6. The van der Waals surface area contributed by atoms with Crippen molar-refractivity contribution in [2.45, 2.75) is 51.7 Å². The zero-order valence-electron chi connectivity index (χ0n) is 20.2. The molecule has 1 aliphatic heterocycles. The molecule has 0 saturated carbocycles. The molecule has 2 aromatic carbocycles. The monoisotopic (exact) mass is 470 g/mol. The highest BCUT2D eigenvalue weighted by atomic mass is 16.6. The third-order valence-electron chi connectivity index (χ3n) is 6.05. The van der Waals surface area contributed by atoms with Crippen molar-refractivity contribution < 1.29 is 18.8 Å². The lowest BCUT2D eigenvalue weighted by atomic mass is 10.1. The summed E-state index contributed by atoms with van der Waals surface area (Å²) >= 11 is 0. The maximum atomic E-state index is 12.5. The van der Waals surface area contributed by atoms with E-state index in [0.29, 0.717) is 35.0 Å². The average molecular weight is 471 g/mol. The number of carbonyl (C=O) groups is 1. The van der Waals surface area contributed by atoms with Crippen LogP contribution in [0.5, 0.6) is 5.75 Å². The van der Waals surface area contributed by atoms with Crippen LogP contribution in [0.3, 0.4) is 0 Å². The molecule has 0 N–H and O–H groups in total. The summed E-state index contributed by atoms with van der Waals surface area (Å²) in [6.45, 7) is 5.65. The average Bonchev–Trinajstić information content (AvgIpc) is 3.53. The van der Waals surface area contributed by atoms with Gasteiger partial charge in [-0.3, -0.25) is 4.79 Å². The second-order valence-electron chi connectivity index (χ2n) is 9.75. The molecule has 178 valence electrons. The Balaban J connectivity index is 1.46. The van der Waals surface area contributed by atoms with Crippen molar-refractivity contribution in [3.63, 3.8) is 0 Å². The molecule has 35 heavy (non-hydrogen) atoms. The van der Waals surface area contributed by atoms with E-state index in [-0.39, 0.29) is 12.0 Å². The molecule has 0 bridgehead atoms. The fraction of sp³-hybridized carbons (Fsp3) is 0.333. The summed E-state index contributed by atoms with van der Waals surface area (Å²) in [4.78, 5) is 17.1. The molecule has 0 saturated heterocycles. The molecule has 0 spiro atoms. The van der Waals surface area contributed by atoms with Crippen LogP contribution in [-0.4, -0.2) is 33.4 Å². The normalized spacial score (nSPS) is 15.1. The third kappa shape index (κ3) is 4.50. The van der Waals surface area contributed by atoms with Crippen molar-refractivity contribution in [1.82, 2.24) is 14.7 Å². The highest BCUT2D eigenvalue weighted by molar-refractivity contribution is 5.86. The number of aromatic nitrogens is 3. The highest BCUT2D eigenvalue weighted by Gasteiger charge is 2.28. The molecule has 1 unspecified atom stereocenters. The zero-order chi connectivity index (χ0) is 24.7. The number of nitrogens with zero attached hydrogens (tertiary/aromatic N) is 4. The largest absolute Gasteiger partial charge is 0.497 e. The molecule has 0 radical (unpaired) electrons. The van der Waals surface area contributed by atoms with Crippen molar-refractivity contribution in [2.75, 3.05) is 7.11 Å². The smallest absolute Gasteiger partial charge is 0.308 e. The van der Waals surface area contributed by atoms with Gasteiger partial charge in [-0.25, -0.2) is 0 Å². The van der Waals surface area contributed by atoms with Crippen molar-refractivity contribution in [3.05, 3.63) is 53.7 Å². The van der Waals surface area contributed by atoms with Gasteiger partial charge in [0.05, 0.1) is 25.2 Å². The van der Waals surface area contributed by atoms with E-state index in [0.717, 1.165) is 29.3 Å². The molecule has 3 heterocycles. The predicted octanol–water partition coefficient (Wildman–Crippen LogP) is 5.46. The summed E-state index contributed by atoms with van der Waals surface area (Å²) in [6, 6.07) is 15.5. The van der Waals surface area contributed by atoms with E-state index < -0.39 is 5.60 Å². The minimum absolute atomic E-state index is 0.0506. The van der Waals surface area contributed by atoms with Crippen molar-refractivity contribution >= 4 is 16.9 Å². The van der Waals surface area contributed by atoms with Crippen molar-refractivity contribution in [1.29, 1.82) is 5.26 Å². The molecule has 1 atom stereocenters. The molecule has 0 fully saturated rings. The number of hydrogen-bond donors (Lipinski definition) is 0. The van der Waals surface area contributed by atoms with Gasteiger partial charge >= 0.3 is 5.97 Å². The topological polar surface area (TPSA) is 103 Å². The van der Waals surface area contributed by atoms with E-state index in [2.05, 4.69) is 26.8 Å². The van der Waals surface area contributed by atoms with E-state index in [9.17, 15) is 10.1 Å². The number of carbonyl (C=O) groups excluding carboxylic acids is 1. The number of ether oxygens (including phenoxy) is 2. The Morgan fingerprint density at radius 1 is 1.20 bits per heavy atom. The number of rotatable bonds is 5. The van der Waals surface area contributed by atoms with Crippen LogP contribution < -0.4 is 4.74 Å². The zero-order valence-corrected chi connectivity index (χ0v) is 20.2. The molecule has 2 aromatic heterocycles. The number of nitriles is 1. The van der Waals surface area contributed by atoms with E-state index in [1.165, 1.54) is 5.69 Å². The quantitative estimate of drug-likeness (QED) is 0.357. The minimum atomic E-state index is -0.502. The number of hydrogen-bond acceptors (Lipinski definition) is 7. The Hall–Kier alpha value is -4.12. The Labute approximate surface area is 203 Å². The number of aryl methyl sites for hydroxylation is 1. The van der Waals surface area contributed by atoms with Gasteiger partial charge in [-0.15, -0.1) is 0 Å². The highest BCUT2D eigenvalue weighted by Crippen LogP contribution is 2.37. The van der Waals surface area contributed by atoms with Crippen LogP contribution in [-0.2, 0) is 16.0 Å². The molecule has 4 aromatic rings. The maximum absolute atomic E-state index is 12.5. The Morgan fingerprint density at radius 2 is 2.03 bits per heavy atom. The molecule has 0 amide bonds. The summed E-state index contributed by atoms with van der Waals surface area (Å²) in [5, 5.41) is 14.6. The molecular formula is C27H26N4O4. The van der Waals surface area contributed by atoms with E-state index in [4.69, 9.17) is 14.0 Å². The van der Waals surface area contributed by atoms with Crippen LogP contribution in [0.1, 0.15) is 50.9 Å². The molecular weight excluding hydrogens is 444 g/mol. The number of benzene rings is 2. The Bertz CT molecular complexity index is 1470. The Morgan fingerprint density at radius 3 is 2.77 bits per heavy atom. The lowest BCUT2D eigenvalue weighted by molar-refractivity contribution is -0.155. The first-order valence-electron chi connectivity index (χ1n) is 11.5. The fourth-order valence-electron chi connectivity index (χ4n) is 4.62. The second kappa shape index (κ2) is 8.58. The van der Waals surface area contributed by atoms with Crippen LogP contribution in [0.4, 0.5) is 0 Å². The van der Waals surface area contributed by atoms with Crippen molar-refractivity contribution in [3.8, 4) is 34.7 Å². The van der Waals surface area contributed by atoms with Crippen LogP contribution in [0.2, 0.25) is 0 Å². The maximum Gasteiger partial charge on any atom is 0.308 e. The molecule has 8 heteroatoms. The Kier molecular flexibility index (Phi) is 5.56. The third-order valence-corrected chi connectivity index (χ3v) is 6.05. The fourth-order valence-corrected chi connectivity index (χ4v) is 4.62. The predicted molar refractivity (Wildman–Crippen MR) is 130 cm³/mol. The summed E-state index contributed by atoms with van der Waals surface area (Å²) in [5.41, 5.74) is 3.60. The van der Waals surface area contributed by atoms with E-state index in [1.807, 2.05) is 39.0 Å². The van der Waals surface area contributed by atoms with Gasteiger partial charge in [-0.05, 0) is 69.3 Å². The minimum Gasteiger partial charge on any atom is -0.497 e. The standard InChI is InChI=1S/C27H26N4O4/c1-27(2,3)34-24(32)14-21-8-7-20-11-17-5-6-18(13-23(17)31(20)21)25-29-26(35-30-25)19-9-16(15-28)10-22(12-19)33-4/h5-6,9-13,21H,7-8,14H2,1-4H3. The number of methoxy groups -OCH3 is 1. The summed E-state index contributed by atoms with van der Waals surface area (Å²) in [5.74, 6) is 1.10. The SMILES string of the molecule is COc1cc(C#N)cc(-c2nc(-c3ccc4cc5n(c4c3)C(CC(=O)OC(C)(C)C)CC5)no2)c1. The second-order valence-corrected chi connectivity index (χ2v) is 9.75. The van der Waals surface area contributed by atoms with Crippen LogP contribution in [0.25, 0.3) is 33.7 Å². The molecule has 5 rings (SSSR count). The van der Waals surface area contributed by atoms with Gasteiger partial charge in [-0.1, -0.05) is 17.3 Å². The molecule has 0 aliphatic carbocycles. The van der Waals surface area contributed by atoms with Gasteiger partial charge < -0.3 is 18.6 Å². The van der Waals surface area contributed by atoms with E-state index >= 15 is 0 Å². The van der Waals surface area contributed by atoms with Gasteiger partial charge in [0.25, 0.3) is 5.89 Å². The van der Waals surface area contributed by atoms with Crippen LogP contribution >= 0.6 is 0 Å². The lowest BCUT2D eigenvalue weighted by Crippen LogP contribution is -2.25. The van der Waals surface area contributed by atoms with Gasteiger partial charge in [0, 0.05) is 28.4 Å². The lowest BCUT2D eigenvalue weighted by Gasteiger charge is -2.22. The number of esters is 1. The van der Waals surface area contributed by atoms with Gasteiger partial charge in [0.2, 0.25) is 5.82 Å². The molecule has 8 nitrogen and oxygen atoms in total. The van der Waals surface area contributed by atoms with Crippen LogP contribution in [0.15, 0.2) is 47.0 Å². The first-order valence-corrected chi connectivity index (χ1v) is 11.5. The van der Waals surface area contributed by atoms with Crippen LogP contribution in [0, 0.1) is 11.3 Å². The van der Waals surface area contributed by atoms with Crippen molar-refractivity contribution in [2.24, 2.45) is 0 Å².